The molecule has 0 aliphatic carbocycles. The van der Waals surface area contributed by atoms with Gasteiger partial charge in [0.1, 0.15) is 17.1 Å². The van der Waals surface area contributed by atoms with E-state index in [1.807, 2.05) is 51.1 Å². The third-order valence-electron chi connectivity index (χ3n) is 4.68. The molecule has 1 amide bonds. The number of nitrogens with one attached hydrogen (secondary N) is 1. The predicted molar refractivity (Wildman–Crippen MR) is 109 cm³/mol. The highest BCUT2D eigenvalue weighted by Gasteiger charge is 2.14. The molecule has 0 saturated carbocycles. The standard InChI is InChI=1S/C22H22ClNO3/c1-13(9-22(25)24-12-16-7-5-6-8-19(16)23)17-10-18-14(2)15(3)27-21(18)11-20(17)26-4/h5-11H,12H2,1-4H3,(H,24,25)/b13-9+. The van der Waals surface area contributed by atoms with Crippen LogP contribution in [-0.2, 0) is 11.3 Å². The van der Waals surface area contributed by atoms with Gasteiger partial charge in [-0.25, -0.2) is 0 Å². The highest BCUT2D eigenvalue weighted by atomic mass is 35.5. The van der Waals surface area contributed by atoms with Gasteiger partial charge in [-0.2, -0.15) is 0 Å². The molecule has 0 saturated heterocycles. The van der Waals surface area contributed by atoms with Crippen LogP contribution in [0.3, 0.4) is 0 Å². The summed E-state index contributed by atoms with van der Waals surface area (Å²) in [7, 11) is 1.61. The Morgan fingerprint density at radius 3 is 2.70 bits per heavy atom. The summed E-state index contributed by atoms with van der Waals surface area (Å²) in [6.45, 7) is 6.22. The van der Waals surface area contributed by atoms with E-state index < -0.39 is 0 Å². The van der Waals surface area contributed by atoms with Crippen LogP contribution in [0.25, 0.3) is 16.5 Å². The average molecular weight is 384 g/mol. The van der Waals surface area contributed by atoms with Crippen LogP contribution < -0.4 is 10.1 Å². The Kier molecular flexibility index (Phi) is 5.57. The van der Waals surface area contributed by atoms with Crippen LogP contribution in [-0.4, -0.2) is 13.0 Å². The van der Waals surface area contributed by atoms with Crippen LogP contribution in [0.15, 0.2) is 46.9 Å². The summed E-state index contributed by atoms with van der Waals surface area (Å²) in [6, 6.07) is 11.3. The maximum Gasteiger partial charge on any atom is 0.244 e. The first-order chi connectivity index (χ1) is 12.9. The number of amides is 1. The van der Waals surface area contributed by atoms with Crippen LogP contribution in [0, 0.1) is 13.8 Å². The molecule has 0 atom stereocenters. The number of halogens is 1. The number of methoxy groups -OCH3 is 1. The molecule has 0 spiro atoms. The van der Waals surface area contributed by atoms with E-state index in [2.05, 4.69) is 5.32 Å². The van der Waals surface area contributed by atoms with Gasteiger partial charge in [0.25, 0.3) is 0 Å². The van der Waals surface area contributed by atoms with Gasteiger partial charge in [0.15, 0.2) is 0 Å². The molecule has 0 aliphatic rings. The minimum atomic E-state index is -0.185. The molecule has 0 unspecified atom stereocenters. The van der Waals surface area contributed by atoms with Crippen LogP contribution in [0.5, 0.6) is 5.75 Å². The van der Waals surface area contributed by atoms with Crippen molar-refractivity contribution in [3.63, 3.8) is 0 Å². The van der Waals surface area contributed by atoms with Crippen molar-refractivity contribution in [3.8, 4) is 5.75 Å². The van der Waals surface area contributed by atoms with Crippen molar-refractivity contribution >= 4 is 34.1 Å². The number of rotatable bonds is 5. The van der Waals surface area contributed by atoms with Gasteiger partial charge in [-0.15, -0.1) is 0 Å². The lowest BCUT2D eigenvalue weighted by Crippen LogP contribution is -2.20. The largest absolute Gasteiger partial charge is 0.496 e. The second-order valence-corrected chi connectivity index (χ2v) is 6.88. The summed E-state index contributed by atoms with van der Waals surface area (Å²) in [4.78, 5) is 12.4. The molecule has 0 fully saturated rings. The lowest BCUT2D eigenvalue weighted by Gasteiger charge is -2.10. The molecule has 3 rings (SSSR count). The van der Waals surface area contributed by atoms with Gasteiger partial charge in [-0.3, -0.25) is 4.79 Å². The van der Waals surface area contributed by atoms with E-state index in [0.29, 0.717) is 17.3 Å². The molecule has 27 heavy (non-hydrogen) atoms. The molecule has 2 aromatic carbocycles. The fourth-order valence-electron chi connectivity index (χ4n) is 3.00. The smallest absolute Gasteiger partial charge is 0.244 e. The number of hydrogen-bond donors (Lipinski definition) is 1. The Hall–Kier alpha value is -2.72. The second-order valence-electron chi connectivity index (χ2n) is 6.47. The maximum atomic E-state index is 12.4. The highest BCUT2D eigenvalue weighted by molar-refractivity contribution is 6.31. The Balaban J connectivity index is 1.85. The molecule has 1 aromatic heterocycles. The van der Waals surface area contributed by atoms with E-state index in [1.54, 1.807) is 19.3 Å². The van der Waals surface area contributed by atoms with Crippen LogP contribution in [0.2, 0.25) is 5.02 Å². The molecular weight excluding hydrogens is 362 g/mol. The first kappa shape index (κ1) is 19.1. The highest BCUT2D eigenvalue weighted by Crippen LogP contribution is 2.34. The average Bonchev–Trinajstić information content (AvgIpc) is 2.93. The Bertz CT molecular complexity index is 1030. The molecule has 5 heteroatoms. The monoisotopic (exact) mass is 383 g/mol. The van der Waals surface area contributed by atoms with Crippen molar-refractivity contribution in [3.05, 3.63) is 69.9 Å². The van der Waals surface area contributed by atoms with Crippen molar-refractivity contribution in [2.24, 2.45) is 0 Å². The lowest BCUT2D eigenvalue weighted by atomic mass is 10.0. The van der Waals surface area contributed by atoms with E-state index in [4.69, 9.17) is 20.8 Å². The van der Waals surface area contributed by atoms with Crippen molar-refractivity contribution < 1.29 is 13.9 Å². The number of carbonyl (C=O) groups excluding carboxylic acids is 1. The summed E-state index contributed by atoms with van der Waals surface area (Å²) >= 11 is 6.13. The number of ether oxygens (including phenoxy) is 1. The Morgan fingerprint density at radius 1 is 1.26 bits per heavy atom. The second kappa shape index (κ2) is 7.89. The zero-order valence-corrected chi connectivity index (χ0v) is 16.6. The van der Waals surface area contributed by atoms with E-state index in [0.717, 1.165) is 39.0 Å². The molecular formula is C22H22ClNO3. The van der Waals surface area contributed by atoms with Gasteiger partial charge in [-0.1, -0.05) is 29.8 Å². The van der Waals surface area contributed by atoms with Crippen molar-refractivity contribution in [1.29, 1.82) is 0 Å². The van der Waals surface area contributed by atoms with Crippen LogP contribution in [0.4, 0.5) is 0 Å². The SMILES string of the molecule is COc1cc2oc(C)c(C)c2cc1/C(C)=C/C(=O)NCc1ccccc1Cl. The number of furan rings is 1. The van der Waals surface area contributed by atoms with Gasteiger partial charge >= 0.3 is 0 Å². The zero-order chi connectivity index (χ0) is 19.6. The van der Waals surface area contributed by atoms with Gasteiger partial charge in [0.2, 0.25) is 5.91 Å². The molecule has 140 valence electrons. The van der Waals surface area contributed by atoms with E-state index in [1.165, 1.54) is 0 Å². The first-order valence-corrected chi connectivity index (χ1v) is 9.06. The maximum absolute atomic E-state index is 12.4. The Labute approximate surface area is 163 Å². The number of aryl methyl sites for hydroxylation is 2. The minimum Gasteiger partial charge on any atom is -0.496 e. The van der Waals surface area contributed by atoms with E-state index >= 15 is 0 Å². The van der Waals surface area contributed by atoms with Gasteiger partial charge < -0.3 is 14.5 Å². The van der Waals surface area contributed by atoms with Gasteiger partial charge in [0, 0.05) is 34.7 Å². The number of allylic oxidation sites excluding steroid dienone is 1. The lowest BCUT2D eigenvalue weighted by molar-refractivity contribution is -0.116. The summed E-state index contributed by atoms with van der Waals surface area (Å²) in [5.74, 6) is 1.36. The van der Waals surface area contributed by atoms with Crippen molar-refractivity contribution in [2.75, 3.05) is 7.11 Å². The number of hydrogen-bond acceptors (Lipinski definition) is 3. The zero-order valence-electron chi connectivity index (χ0n) is 15.9. The van der Waals surface area contributed by atoms with Gasteiger partial charge in [0.05, 0.1) is 7.11 Å². The summed E-state index contributed by atoms with van der Waals surface area (Å²) in [5, 5.41) is 4.53. The minimum absolute atomic E-state index is 0.185. The van der Waals surface area contributed by atoms with Gasteiger partial charge in [-0.05, 0) is 49.6 Å². The van der Waals surface area contributed by atoms with Crippen molar-refractivity contribution in [2.45, 2.75) is 27.3 Å². The summed E-state index contributed by atoms with van der Waals surface area (Å²) < 4.78 is 11.3. The Morgan fingerprint density at radius 2 is 2.00 bits per heavy atom. The molecule has 0 aliphatic heterocycles. The summed E-state index contributed by atoms with van der Waals surface area (Å²) in [6.07, 6.45) is 1.57. The normalized spacial score (nSPS) is 11.7. The number of carbonyl (C=O) groups is 1. The molecule has 3 aromatic rings. The molecule has 0 radical (unpaired) electrons. The quantitative estimate of drug-likeness (QED) is 0.597. The van der Waals surface area contributed by atoms with Crippen molar-refractivity contribution in [1.82, 2.24) is 5.32 Å². The fraction of sp³-hybridized carbons (Fsp3) is 0.227. The molecule has 1 heterocycles. The molecule has 4 nitrogen and oxygen atoms in total. The third-order valence-corrected chi connectivity index (χ3v) is 5.05. The van der Waals surface area contributed by atoms with Crippen LogP contribution in [0.1, 0.15) is 29.4 Å². The number of benzene rings is 2. The molecule has 1 N–H and O–H groups in total. The fourth-order valence-corrected chi connectivity index (χ4v) is 3.20. The van der Waals surface area contributed by atoms with E-state index in [-0.39, 0.29) is 5.91 Å². The first-order valence-electron chi connectivity index (χ1n) is 8.68. The predicted octanol–water partition coefficient (Wildman–Crippen LogP) is 5.43. The summed E-state index contributed by atoms with van der Waals surface area (Å²) in [5.41, 5.74) is 4.42. The van der Waals surface area contributed by atoms with Crippen LogP contribution >= 0.6 is 11.6 Å². The van der Waals surface area contributed by atoms with E-state index in [9.17, 15) is 4.79 Å². The number of fused-ring (bicyclic) bond motifs is 1. The third kappa shape index (κ3) is 4.01. The topological polar surface area (TPSA) is 51.5 Å². The molecule has 0 bridgehead atoms.